The molecule has 0 aromatic heterocycles. The molecule has 0 bridgehead atoms. The van der Waals surface area contributed by atoms with Gasteiger partial charge in [0.25, 0.3) is 15.9 Å². The van der Waals surface area contributed by atoms with Crippen molar-refractivity contribution in [3.05, 3.63) is 95.6 Å². The molecular weight excluding hydrogens is 454 g/mol. The molecule has 4 rings (SSSR count). The first-order chi connectivity index (χ1) is 16.4. The quantitative estimate of drug-likeness (QED) is 0.502. The van der Waals surface area contributed by atoms with Gasteiger partial charge in [-0.25, -0.2) is 0 Å². The molecule has 34 heavy (non-hydrogen) atoms. The molecule has 3 aromatic carbocycles. The van der Waals surface area contributed by atoms with Crippen molar-refractivity contribution in [2.75, 3.05) is 11.9 Å². The molecule has 0 radical (unpaired) electrons. The summed E-state index contributed by atoms with van der Waals surface area (Å²) in [4.78, 5) is 25.1. The number of hydrogen-bond donors (Lipinski definition) is 2. The van der Waals surface area contributed by atoms with Crippen molar-refractivity contribution in [1.29, 1.82) is 0 Å². The van der Waals surface area contributed by atoms with E-state index in [-0.39, 0.29) is 29.7 Å². The maximum atomic E-state index is 12.9. The summed E-state index contributed by atoms with van der Waals surface area (Å²) in [5, 5.41) is 5.90. The summed E-state index contributed by atoms with van der Waals surface area (Å²) in [6.07, 6.45) is 0.0109. The minimum atomic E-state index is -3.73. The van der Waals surface area contributed by atoms with Gasteiger partial charge in [-0.05, 0) is 48.9 Å². The lowest BCUT2D eigenvalue weighted by Crippen LogP contribution is -2.30. The predicted octanol–water partition coefficient (Wildman–Crippen LogP) is 3.67. The van der Waals surface area contributed by atoms with Crippen molar-refractivity contribution in [2.45, 2.75) is 24.3 Å². The molecule has 1 heterocycles. The number of sulfonamides is 1. The average Bonchev–Trinajstić information content (AvgIpc) is 3.09. The predicted molar refractivity (Wildman–Crippen MR) is 128 cm³/mol. The molecule has 1 amide bonds. The van der Waals surface area contributed by atoms with E-state index in [1.54, 1.807) is 49.4 Å². The second-order valence-electron chi connectivity index (χ2n) is 7.56. The smallest absolute Gasteiger partial charge is 0.308 e. The summed E-state index contributed by atoms with van der Waals surface area (Å²) >= 11 is 0. The molecule has 174 valence electrons. The third-order valence-electron chi connectivity index (χ3n) is 5.22. The third kappa shape index (κ3) is 5.15. The van der Waals surface area contributed by atoms with Crippen LogP contribution in [0.15, 0.2) is 88.2 Å². The van der Waals surface area contributed by atoms with Crippen LogP contribution in [0.4, 0.5) is 5.69 Å². The SMILES string of the molecule is CCOC(=O)CC(NC(=O)c1ccc(NC2=NS(=O)(=O)c3ccccc32)cc1)c1ccccc1. The van der Waals surface area contributed by atoms with E-state index in [1.165, 1.54) is 6.07 Å². The summed E-state index contributed by atoms with van der Waals surface area (Å²) in [6.45, 7) is 1.99. The zero-order chi connectivity index (χ0) is 24.1. The van der Waals surface area contributed by atoms with Crippen LogP contribution in [0.3, 0.4) is 0 Å². The van der Waals surface area contributed by atoms with E-state index in [0.29, 0.717) is 16.8 Å². The molecular formula is C25H23N3O5S. The van der Waals surface area contributed by atoms with Gasteiger partial charge in [-0.15, -0.1) is 4.40 Å². The number of carbonyl (C=O) groups excluding carboxylic acids is 2. The molecule has 3 aromatic rings. The Morgan fingerprint density at radius 2 is 1.62 bits per heavy atom. The zero-order valence-electron chi connectivity index (χ0n) is 18.4. The van der Waals surface area contributed by atoms with Gasteiger partial charge in [0.1, 0.15) is 4.90 Å². The lowest BCUT2D eigenvalue weighted by molar-refractivity contribution is -0.143. The maximum Gasteiger partial charge on any atom is 0.308 e. The first-order valence-electron chi connectivity index (χ1n) is 10.7. The molecule has 0 saturated heterocycles. The Labute approximate surface area is 197 Å². The number of hydrogen-bond acceptors (Lipinski definition) is 6. The van der Waals surface area contributed by atoms with E-state index in [9.17, 15) is 18.0 Å². The molecule has 1 aliphatic heterocycles. The number of rotatable bonds is 7. The highest BCUT2D eigenvalue weighted by molar-refractivity contribution is 7.90. The highest BCUT2D eigenvalue weighted by atomic mass is 32.2. The van der Waals surface area contributed by atoms with Crippen molar-refractivity contribution >= 4 is 33.4 Å². The molecule has 0 spiro atoms. The fourth-order valence-corrected chi connectivity index (χ4v) is 4.78. The van der Waals surface area contributed by atoms with Gasteiger partial charge in [0.05, 0.1) is 19.1 Å². The Morgan fingerprint density at radius 1 is 0.941 bits per heavy atom. The van der Waals surface area contributed by atoms with Crippen LogP contribution in [0.1, 0.15) is 40.9 Å². The molecule has 1 unspecified atom stereocenters. The Kier molecular flexibility index (Phi) is 6.74. The summed E-state index contributed by atoms with van der Waals surface area (Å²) in [6, 6.07) is 21.8. The summed E-state index contributed by atoms with van der Waals surface area (Å²) < 4.78 is 33.3. The first-order valence-corrected chi connectivity index (χ1v) is 12.1. The Morgan fingerprint density at radius 3 is 2.32 bits per heavy atom. The van der Waals surface area contributed by atoms with Crippen molar-refractivity contribution < 1.29 is 22.7 Å². The molecule has 0 saturated carbocycles. The van der Waals surface area contributed by atoms with E-state index in [1.807, 2.05) is 30.3 Å². The average molecular weight is 478 g/mol. The monoisotopic (exact) mass is 477 g/mol. The highest BCUT2D eigenvalue weighted by Crippen LogP contribution is 2.27. The van der Waals surface area contributed by atoms with Crippen LogP contribution in [0, 0.1) is 0 Å². The van der Waals surface area contributed by atoms with Crippen LogP contribution in [0.5, 0.6) is 0 Å². The topological polar surface area (TPSA) is 114 Å². The minimum Gasteiger partial charge on any atom is -0.466 e. The molecule has 8 nitrogen and oxygen atoms in total. The standard InChI is InChI=1S/C25H23N3O5S/c1-2-33-23(29)16-21(17-8-4-3-5-9-17)27-25(30)18-12-14-19(15-13-18)26-24-20-10-6-7-11-22(20)34(31,32)28-24/h3-15,21H,2,16H2,1H3,(H,26,28)(H,27,30). The molecule has 1 atom stereocenters. The number of amidine groups is 1. The number of fused-ring (bicyclic) bond motifs is 1. The van der Waals surface area contributed by atoms with Crippen molar-refractivity contribution in [3.8, 4) is 0 Å². The summed E-state index contributed by atoms with van der Waals surface area (Å²) in [7, 11) is -3.73. The second kappa shape index (κ2) is 9.88. The number of benzene rings is 3. The Balaban J connectivity index is 1.48. The maximum absolute atomic E-state index is 12.9. The van der Waals surface area contributed by atoms with Gasteiger partial charge in [-0.2, -0.15) is 8.42 Å². The van der Waals surface area contributed by atoms with Crippen LogP contribution in [0.2, 0.25) is 0 Å². The van der Waals surface area contributed by atoms with Gasteiger partial charge < -0.3 is 15.4 Å². The Hall–Kier alpha value is -3.98. The summed E-state index contributed by atoms with van der Waals surface area (Å²) in [5.41, 5.74) is 2.25. The van der Waals surface area contributed by atoms with Gasteiger partial charge in [-0.1, -0.05) is 42.5 Å². The lowest BCUT2D eigenvalue weighted by Gasteiger charge is -2.19. The van der Waals surface area contributed by atoms with Gasteiger partial charge in [-0.3, -0.25) is 9.59 Å². The van der Waals surface area contributed by atoms with E-state index in [2.05, 4.69) is 15.0 Å². The number of esters is 1. The number of nitrogens with one attached hydrogen (secondary N) is 2. The van der Waals surface area contributed by atoms with Crippen molar-refractivity contribution in [2.24, 2.45) is 4.40 Å². The molecule has 2 N–H and O–H groups in total. The van der Waals surface area contributed by atoms with E-state index in [4.69, 9.17) is 4.74 Å². The zero-order valence-corrected chi connectivity index (χ0v) is 19.2. The van der Waals surface area contributed by atoms with Crippen molar-refractivity contribution in [3.63, 3.8) is 0 Å². The fraction of sp³-hybridized carbons (Fsp3) is 0.160. The minimum absolute atomic E-state index is 0.0109. The molecule has 1 aliphatic rings. The molecule has 9 heteroatoms. The van der Waals surface area contributed by atoms with Crippen LogP contribution < -0.4 is 10.6 Å². The van der Waals surface area contributed by atoms with Crippen LogP contribution in [0.25, 0.3) is 0 Å². The van der Waals surface area contributed by atoms with E-state index < -0.39 is 22.0 Å². The van der Waals surface area contributed by atoms with Gasteiger partial charge >= 0.3 is 5.97 Å². The number of carbonyl (C=O) groups is 2. The van der Waals surface area contributed by atoms with Crippen LogP contribution >= 0.6 is 0 Å². The third-order valence-corrected chi connectivity index (χ3v) is 6.56. The molecule has 0 fully saturated rings. The van der Waals surface area contributed by atoms with Gasteiger partial charge in [0.15, 0.2) is 5.84 Å². The normalized spacial score (nSPS) is 14.4. The van der Waals surface area contributed by atoms with Crippen LogP contribution in [-0.4, -0.2) is 32.7 Å². The fourth-order valence-electron chi connectivity index (χ4n) is 3.60. The lowest BCUT2D eigenvalue weighted by atomic mass is 10.0. The van der Waals surface area contributed by atoms with Gasteiger partial charge in [0, 0.05) is 16.8 Å². The second-order valence-corrected chi connectivity index (χ2v) is 9.13. The van der Waals surface area contributed by atoms with Gasteiger partial charge in [0.2, 0.25) is 0 Å². The molecule has 0 aliphatic carbocycles. The van der Waals surface area contributed by atoms with E-state index >= 15 is 0 Å². The Bertz CT molecular complexity index is 1340. The van der Waals surface area contributed by atoms with Crippen molar-refractivity contribution in [1.82, 2.24) is 5.32 Å². The summed E-state index contributed by atoms with van der Waals surface area (Å²) in [5.74, 6) is -0.522. The highest BCUT2D eigenvalue weighted by Gasteiger charge is 2.28. The first kappa shape index (κ1) is 23.2. The van der Waals surface area contributed by atoms with Crippen LogP contribution in [-0.2, 0) is 19.6 Å². The number of ether oxygens (including phenoxy) is 1. The van der Waals surface area contributed by atoms with E-state index in [0.717, 1.165) is 5.56 Å². The number of anilines is 1. The number of amides is 1. The number of nitrogens with zero attached hydrogens (tertiary/aromatic N) is 1. The largest absolute Gasteiger partial charge is 0.466 e.